The first kappa shape index (κ1) is 39.0. The number of fused-ring (bicyclic) bond motifs is 2. The van der Waals surface area contributed by atoms with Crippen molar-refractivity contribution in [3.05, 3.63) is 48.2 Å². The van der Waals surface area contributed by atoms with Gasteiger partial charge in [-0.3, -0.25) is 9.05 Å². The van der Waals surface area contributed by atoms with Crippen LogP contribution in [0.2, 0.25) is 0 Å². The van der Waals surface area contributed by atoms with E-state index in [0.29, 0.717) is 23.6 Å². The third kappa shape index (κ3) is 9.25. The maximum Gasteiger partial charge on any atom is 0.472 e. The minimum absolute atomic E-state index is 0.0476. The largest absolute Gasteiger partial charge is 0.484 e. The van der Waals surface area contributed by atoms with Gasteiger partial charge >= 0.3 is 7.82 Å². The van der Waals surface area contributed by atoms with Crippen molar-refractivity contribution in [3.63, 3.8) is 0 Å². The van der Waals surface area contributed by atoms with Crippen molar-refractivity contribution in [2.24, 2.45) is 0 Å². The van der Waals surface area contributed by atoms with E-state index in [1.165, 1.54) is 87.8 Å². The van der Waals surface area contributed by atoms with Crippen LogP contribution in [0, 0.1) is 11.3 Å². The normalized spacial score (nSPS) is 25.7. The topological polar surface area (TPSA) is 217 Å². The Morgan fingerprint density at radius 2 is 1.73 bits per heavy atom. The molecule has 0 bridgehead atoms. The Balaban J connectivity index is 1.08. The highest BCUT2D eigenvalue weighted by molar-refractivity contribution is 7.47. The first-order chi connectivity index (χ1) is 24.5. The van der Waals surface area contributed by atoms with Gasteiger partial charge in [-0.05, 0) is 37.6 Å². The number of ether oxygens (including phenoxy) is 3. The van der Waals surface area contributed by atoms with E-state index in [9.17, 15) is 19.7 Å². The first-order valence-corrected chi connectivity index (χ1v) is 19.5. The van der Waals surface area contributed by atoms with Crippen molar-refractivity contribution in [2.75, 3.05) is 25.6 Å². The number of nitrogens with two attached hydrogens (primary N) is 1. The molecule has 1 aliphatic heterocycles. The van der Waals surface area contributed by atoms with Gasteiger partial charge in [0.2, 0.25) is 0 Å². The van der Waals surface area contributed by atoms with Crippen LogP contribution in [-0.2, 0) is 23.1 Å². The van der Waals surface area contributed by atoms with Crippen molar-refractivity contribution >= 4 is 19.2 Å². The summed E-state index contributed by atoms with van der Waals surface area (Å²) in [5.74, 6) is 0.544. The van der Waals surface area contributed by atoms with Crippen LogP contribution in [0.15, 0.2) is 36.8 Å². The maximum atomic E-state index is 13.1. The van der Waals surface area contributed by atoms with Crippen molar-refractivity contribution in [1.29, 1.82) is 5.26 Å². The zero-order valence-corrected chi connectivity index (χ0v) is 30.3. The highest BCUT2D eigenvalue weighted by Crippen LogP contribution is 2.68. The molecule has 51 heavy (non-hydrogen) atoms. The summed E-state index contributed by atoms with van der Waals surface area (Å²) in [6, 6.07) is 8.30. The lowest BCUT2D eigenvalue weighted by Crippen LogP contribution is -2.35. The Labute approximate surface area is 298 Å². The lowest BCUT2D eigenvalue weighted by molar-refractivity contribution is -0.0809. The molecular formula is C35H51N6O9P. The molecule has 1 saturated heterocycles. The van der Waals surface area contributed by atoms with Gasteiger partial charge in [0.25, 0.3) is 0 Å². The number of nitriles is 1. The van der Waals surface area contributed by atoms with E-state index in [1.807, 2.05) is 6.07 Å². The summed E-state index contributed by atoms with van der Waals surface area (Å²) < 4.78 is 43.1. The number of pyridine rings is 1. The van der Waals surface area contributed by atoms with Gasteiger partial charge in [0.05, 0.1) is 25.1 Å². The van der Waals surface area contributed by atoms with Crippen LogP contribution >= 0.6 is 7.82 Å². The van der Waals surface area contributed by atoms with Crippen molar-refractivity contribution in [3.8, 4) is 11.8 Å². The Hall–Kier alpha value is -3.19. The van der Waals surface area contributed by atoms with E-state index in [0.717, 1.165) is 19.3 Å². The third-order valence-electron chi connectivity index (χ3n) is 9.79. The summed E-state index contributed by atoms with van der Waals surface area (Å²) in [7, 11) is -4.81. The molecule has 3 aromatic heterocycles. The summed E-state index contributed by atoms with van der Waals surface area (Å²) in [6.45, 7) is 3.84. The summed E-state index contributed by atoms with van der Waals surface area (Å²) in [6.07, 6.45) is 12.6. The molecule has 1 saturated carbocycles. The summed E-state index contributed by atoms with van der Waals surface area (Å²) in [5.41, 5.74) is 3.50. The average Bonchev–Trinajstić information content (AvgIpc) is 3.38. The molecule has 0 amide bonds. The fourth-order valence-electron chi connectivity index (χ4n) is 6.74. The molecule has 0 radical (unpaired) electrons. The van der Waals surface area contributed by atoms with Crippen LogP contribution < -0.4 is 10.5 Å². The maximum absolute atomic E-state index is 13.1. The Bertz CT molecular complexity index is 1650. The molecule has 5 rings (SSSR count). The number of nitrogens with zero attached hydrogens (tertiary/aromatic N) is 5. The highest BCUT2D eigenvalue weighted by atomic mass is 31.2. The second-order valence-electron chi connectivity index (χ2n) is 13.6. The molecule has 2 fully saturated rings. The van der Waals surface area contributed by atoms with E-state index < -0.39 is 50.0 Å². The molecule has 280 valence electrons. The molecule has 7 atom stereocenters. The highest BCUT2D eigenvalue weighted by Gasteiger charge is 2.87. The number of phosphoric ester groups is 1. The molecule has 5 N–H and O–H groups in total. The minimum atomic E-state index is -4.81. The van der Waals surface area contributed by atoms with E-state index in [4.69, 9.17) is 34.3 Å². The SMILES string of the molecule is CCCCCCCCCCCCCCOC[C@H](COP(=O)(O)OC1[C@@]2(C)O[C@@H](c3ccc4c(N)ncnn34)[C@H](O)[C@@]12O)Oc1ccc(C#N)nc1. The van der Waals surface area contributed by atoms with Gasteiger partial charge in [0, 0.05) is 6.61 Å². The zero-order valence-electron chi connectivity index (χ0n) is 29.4. The predicted octanol–water partition coefficient (Wildman–Crippen LogP) is 5.18. The van der Waals surface area contributed by atoms with Gasteiger partial charge in [0.1, 0.15) is 59.4 Å². The van der Waals surface area contributed by atoms with E-state index >= 15 is 0 Å². The molecule has 1 aliphatic carbocycles. The number of aliphatic hydroxyl groups excluding tert-OH is 1. The van der Waals surface area contributed by atoms with E-state index in [1.54, 1.807) is 18.2 Å². The molecule has 0 spiro atoms. The summed E-state index contributed by atoms with van der Waals surface area (Å²) in [5, 5.41) is 35.8. The first-order valence-electron chi connectivity index (χ1n) is 18.0. The van der Waals surface area contributed by atoms with Gasteiger partial charge in [-0.15, -0.1) is 0 Å². The van der Waals surface area contributed by atoms with Crippen LogP contribution in [-0.4, -0.2) is 84.0 Å². The van der Waals surface area contributed by atoms with Crippen LogP contribution in [0.1, 0.15) is 108 Å². The van der Waals surface area contributed by atoms with Gasteiger partial charge in [-0.25, -0.2) is 19.0 Å². The second-order valence-corrected chi connectivity index (χ2v) is 15.0. The number of aliphatic hydroxyl groups is 2. The van der Waals surface area contributed by atoms with Crippen LogP contribution in [0.4, 0.5) is 5.82 Å². The monoisotopic (exact) mass is 730 g/mol. The quantitative estimate of drug-likeness (QED) is 0.0730. The number of unbranched alkanes of at least 4 members (excludes halogenated alkanes) is 11. The smallest absolute Gasteiger partial charge is 0.472 e. The average molecular weight is 731 g/mol. The second kappa shape index (κ2) is 17.6. The van der Waals surface area contributed by atoms with Crippen molar-refractivity contribution < 1.29 is 42.9 Å². The molecule has 2 aliphatic rings. The fraction of sp³-hybridized carbons (Fsp3) is 0.657. The Morgan fingerprint density at radius 1 is 1.04 bits per heavy atom. The number of nitrogen functional groups attached to an aromatic ring is 1. The number of hydrogen-bond acceptors (Lipinski definition) is 13. The molecule has 4 heterocycles. The molecule has 2 unspecified atom stereocenters. The number of hydrogen-bond donors (Lipinski definition) is 4. The number of rotatable bonds is 23. The minimum Gasteiger partial charge on any atom is -0.484 e. The lowest BCUT2D eigenvalue weighted by Gasteiger charge is -2.24. The standard InChI is InChI=1S/C35H51N6O9P/c1-3-4-5-6-7-8-9-10-11-12-13-14-19-46-22-27(48-26-16-15-25(20-36)38-21-26)23-47-51(44,45)50-33-34(2)35(33,43)31(42)30(49-34)28-17-18-29-32(37)39-24-40-41(28)29/h15-18,21,24,27,30-31,33,42-43H,3-14,19,22-23H2,1-2H3,(H,44,45)(H2,37,39,40)/t27-,30+,31+,33?,34-,35-/m1/s1. The summed E-state index contributed by atoms with van der Waals surface area (Å²) in [4.78, 5) is 18.6. The van der Waals surface area contributed by atoms with E-state index in [-0.39, 0.29) is 18.1 Å². The molecule has 16 heteroatoms. The van der Waals surface area contributed by atoms with Gasteiger partial charge in [-0.1, -0.05) is 77.6 Å². The van der Waals surface area contributed by atoms with Crippen molar-refractivity contribution in [2.45, 2.75) is 127 Å². The van der Waals surface area contributed by atoms with Gasteiger partial charge < -0.3 is 35.1 Å². The predicted molar refractivity (Wildman–Crippen MR) is 187 cm³/mol. The lowest BCUT2D eigenvalue weighted by atomic mass is 10.0. The Kier molecular flexibility index (Phi) is 13.4. The van der Waals surface area contributed by atoms with Crippen LogP contribution in [0.25, 0.3) is 5.52 Å². The number of phosphoric acid groups is 1. The van der Waals surface area contributed by atoms with Crippen LogP contribution in [0.3, 0.4) is 0 Å². The molecule has 3 aromatic rings. The molecule has 0 aromatic carbocycles. The summed E-state index contributed by atoms with van der Waals surface area (Å²) >= 11 is 0. The molecular weight excluding hydrogens is 679 g/mol. The third-order valence-corrected chi connectivity index (χ3v) is 10.7. The van der Waals surface area contributed by atoms with E-state index in [2.05, 4.69) is 22.0 Å². The van der Waals surface area contributed by atoms with Gasteiger partial charge in [-0.2, -0.15) is 10.4 Å². The van der Waals surface area contributed by atoms with Gasteiger partial charge in [0.15, 0.2) is 11.4 Å². The molecule has 15 nitrogen and oxygen atoms in total. The number of anilines is 1. The van der Waals surface area contributed by atoms with Crippen molar-refractivity contribution in [1.82, 2.24) is 19.6 Å². The number of aromatic nitrogens is 4. The van der Waals surface area contributed by atoms with Crippen LogP contribution in [0.5, 0.6) is 5.75 Å². The zero-order chi connectivity index (χ0) is 36.5. The fourth-order valence-corrected chi connectivity index (χ4v) is 7.79. The Morgan fingerprint density at radius 3 is 2.33 bits per heavy atom.